The third-order valence-corrected chi connectivity index (χ3v) is 6.47. The lowest BCUT2D eigenvalue weighted by Gasteiger charge is -2.28. The number of para-hydroxylation sites is 2. The summed E-state index contributed by atoms with van der Waals surface area (Å²) in [5.74, 6) is 1.07. The average molecular weight is 456 g/mol. The Morgan fingerprint density at radius 2 is 1.73 bits per heavy atom. The standard InChI is InChI=1S/C26H25N5OS/c1-16-11-13-28-23(14-16)30-17(2)15-19(18(30)3)25-24(20-8-6-7-12-27-20)29-26(33)31(25)21-9-4-5-10-22(21)32/h4-15,24-25,32H,1-3H3,(H,29,33). The summed E-state index contributed by atoms with van der Waals surface area (Å²) in [6.07, 6.45) is 3.63. The number of pyridine rings is 2. The zero-order valence-electron chi connectivity index (χ0n) is 18.7. The van der Waals surface area contributed by atoms with Gasteiger partial charge in [-0.15, -0.1) is 0 Å². The van der Waals surface area contributed by atoms with Crippen molar-refractivity contribution in [1.29, 1.82) is 0 Å². The molecule has 3 aromatic heterocycles. The van der Waals surface area contributed by atoms with Crippen molar-refractivity contribution in [2.45, 2.75) is 32.9 Å². The molecule has 2 unspecified atom stereocenters. The smallest absolute Gasteiger partial charge is 0.174 e. The van der Waals surface area contributed by atoms with E-state index in [-0.39, 0.29) is 17.8 Å². The van der Waals surface area contributed by atoms with E-state index in [0.29, 0.717) is 10.8 Å². The number of aryl methyl sites for hydroxylation is 2. The van der Waals surface area contributed by atoms with Crippen LogP contribution in [0.1, 0.15) is 40.3 Å². The fraction of sp³-hybridized carbons (Fsp3) is 0.192. The predicted octanol–water partition coefficient (Wildman–Crippen LogP) is 5.08. The maximum atomic E-state index is 10.7. The molecule has 33 heavy (non-hydrogen) atoms. The van der Waals surface area contributed by atoms with Crippen LogP contribution < -0.4 is 10.2 Å². The van der Waals surface area contributed by atoms with Gasteiger partial charge in [-0.25, -0.2) is 4.98 Å². The zero-order valence-corrected chi connectivity index (χ0v) is 19.5. The molecule has 7 heteroatoms. The van der Waals surface area contributed by atoms with Crippen molar-refractivity contribution in [3.05, 3.63) is 101 Å². The van der Waals surface area contributed by atoms with Gasteiger partial charge in [0.25, 0.3) is 0 Å². The molecule has 1 saturated heterocycles. The van der Waals surface area contributed by atoms with Gasteiger partial charge in [0.1, 0.15) is 11.6 Å². The van der Waals surface area contributed by atoms with Crippen molar-refractivity contribution >= 4 is 23.0 Å². The van der Waals surface area contributed by atoms with Crippen LogP contribution in [0.15, 0.2) is 73.1 Å². The van der Waals surface area contributed by atoms with Gasteiger partial charge in [-0.2, -0.15) is 0 Å². The van der Waals surface area contributed by atoms with Gasteiger partial charge in [-0.05, 0) is 86.6 Å². The molecule has 0 aliphatic carbocycles. The number of anilines is 1. The van der Waals surface area contributed by atoms with Crippen LogP contribution >= 0.6 is 12.2 Å². The summed E-state index contributed by atoms with van der Waals surface area (Å²) < 4.78 is 2.17. The lowest BCUT2D eigenvalue weighted by molar-refractivity contribution is 0.472. The van der Waals surface area contributed by atoms with Crippen LogP contribution in [0.3, 0.4) is 0 Å². The monoisotopic (exact) mass is 455 g/mol. The molecule has 5 rings (SSSR count). The molecule has 0 bridgehead atoms. The van der Waals surface area contributed by atoms with Gasteiger partial charge in [-0.3, -0.25) is 4.98 Å². The Bertz CT molecular complexity index is 1330. The maximum absolute atomic E-state index is 10.7. The number of aromatic nitrogens is 3. The van der Waals surface area contributed by atoms with E-state index in [0.717, 1.165) is 34.0 Å². The molecule has 0 saturated carbocycles. The SMILES string of the molecule is Cc1ccnc(-n2c(C)cc(C3C(c4ccccn4)NC(=S)N3c3ccccc3O)c2C)c1. The lowest BCUT2D eigenvalue weighted by Crippen LogP contribution is -2.29. The molecule has 166 valence electrons. The first-order valence-electron chi connectivity index (χ1n) is 10.9. The molecule has 2 atom stereocenters. The maximum Gasteiger partial charge on any atom is 0.174 e. The van der Waals surface area contributed by atoms with Gasteiger partial charge >= 0.3 is 0 Å². The van der Waals surface area contributed by atoms with Gasteiger partial charge in [-0.1, -0.05) is 18.2 Å². The number of phenolic OH excluding ortho intramolecular Hbond substituents is 1. The van der Waals surface area contributed by atoms with Crippen molar-refractivity contribution in [2.75, 3.05) is 4.90 Å². The average Bonchev–Trinajstić information content (AvgIpc) is 3.30. The zero-order chi connectivity index (χ0) is 23.1. The Balaban J connectivity index is 1.70. The van der Waals surface area contributed by atoms with Crippen LogP contribution in [0.4, 0.5) is 5.69 Å². The van der Waals surface area contributed by atoms with Crippen molar-refractivity contribution in [2.24, 2.45) is 0 Å². The number of thiocarbonyl (C=S) groups is 1. The van der Waals surface area contributed by atoms with Crippen LogP contribution in [0, 0.1) is 20.8 Å². The molecule has 1 fully saturated rings. The van der Waals surface area contributed by atoms with E-state index in [1.165, 1.54) is 0 Å². The Labute approximate surface area is 198 Å². The van der Waals surface area contributed by atoms with Gasteiger partial charge < -0.3 is 19.9 Å². The van der Waals surface area contributed by atoms with E-state index >= 15 is 0 Å². The summed E-state index contributed by atoms with van der Waals surface area (Å²) >= 11 is 5.79. The molecular weight excluding hydrogens is 430 g/mol. The molecule has 1 aliphatic rings. The largest absolute Gasteiger partial charge is 0.506 e. The normalized spacial score (nSPS) is 17.9. The first-order chi connectivity index (χ1) is 16.0. The molecule has 0 amide bonds. The number of aromatic hydroxyl groups is 1. The molecule has 1 aromatic carbocycles. The van der Waals surface area contributed by atoms with E-state index in [1.807, 2.05) is 53.6 Å². The summed E-state index contributed by atoms with van der Waals surface area (Å²) in [7, 11) is 0. The highest BCUT2D eigenvalue weighted by atomic mass is 32.1. The lowest BCUT2D eigenvalue weighted by atomic mass is 9.96. The molecule has 0 radical (unpaired) electrons. The molecule has 1 aliphatic heterocycles. The van der Waals surface area contributed by atoms with Crippen molar-refractivity contribution in [1.82, 2.24) is 19.9 Å². The highest BCUT2D eigenvalue weighted by Gasteiger charge is 2.43. The number of hydrogen-bond donors (Lipinski definition) is 2. The first kappa shape index (κ1) is 21.2. The second-order valence-electron chi connectivity index (χ2n) is 8.34. The number of phenols is 1. The fourth-order valence-corrected chi connectivity index (χ4v) is 5.02. The van der Waals surface area contributed by atoms with Gasteiger partial charge in [0.05, 0.1) is 23.5 Å². The third kappa shape index (κ3) is 3.64. The van der Waals surface area contributed by atoms with Crippen LogP contribution in [-0.2, 0) is 0 Å². The van der Waals surface area contributed by atoms with Crippen LogP contribution in [0.25, 0.3) is 5.82 Å². The predicted molar refractivity (Wildman–Crippen MR) is 134 cm³/mol. The number of nitrogens with zero attached hydrogens (tertiary/aromatic N) is 4. The molecule has 2 N–H and O–H groups in total. The fourth-order valence-electron chi connectivity index (χ4n) is 4.68. The van der Waals surface area contributed by atoms with E-state index in [2.05, 4.69) is 52.8 Å². The topological polar surface area (TPSA) is 66.2 Å². The Hall–Kier alpha value is -3.71. The van der Waals surface area contributed by atoms with Crippen molar-refractivity contribution < 1.29 is 5.11 Å². The van der Waals surface area contributed by atoms with E-state index in [4.69, 9.17) is 12.2 Å². The van der Waals surface area contributed by atoms with Crippen LogP contribution in [0.2, 0.25) is 0 Å². The molecule has 0 spiro atoms. The van der Waals surface area contributed by atoms with Crippen LogP contribution in [0.5, 0.6) is 5.75 Å². The van der Waals surface area contributed by atoms with Gasteiger partial charge in [0.2, 0.25) is 0 Å². The second kappa shape index (κ2) is 8.33. The van der Waals surface area contributed by atoms with Crippen molar-refractivity contribution in [3.8, 4) is 11.6 Å². The summed E-state index contributed by atoms with van der Waals surface area (Å²) in [4.78, 5) is 11.2. The first-order valence-corrected chi connectivity index (χ1v) is 11.3. The number of rotatable bonds is 4. The van der Waals surface area contributed by atoms with E-state index in [9.17, 15) is 5.11 Å². The highest BCUT2D eigenvalue weighted by molar-refractivity contribution is 7.80. The number of hydrogen-bond acceptors (Lipinski definition) is 4. The van der Waals surface area contributed by atoms with Crippen molar-refractivity contribution in [3.63, 3.8) is 0 Å². The van der Waals surface area contributed by atoms with Gasteiger partial charge in [0, 0.05) is 23.8 Å². The Morgan fingerprint density at radius 3 is 2.45 bits per heavy atom. The summed E-state index contributed by atoms with van der Waals surface area (Å²) in [5, 5.41) is 14.7. The minimum atomic E-state index is -0.203. The Kier molecular flexibility index (Phi) is 5.34. The van der Waals surface area contributed by atoms with Gasteiger partial charge in [0.15, 0.2) is 5.11 Å². The van der Waals surface area contributed by atoms with E-state index in [1.54, 1.807) is 12.3 Å². The number of benzene rings is 1. The summed E-state index contributed by atoms with van der Waals surface area (Å²) in [5.41, 5.74) is 5.96. The molecule has 4 aromatic rings. The molecule has 4 heterocycles. The Morgan fingerprint density at radius 1 is 0.939 bits per heavy atom. The number of nitrogens with one attached hydrogen (secondary N) is 1. The second-order valence-corrected chi connectivity index (χ2v) is 8.73. The summed E-state index contributed by atoms with van der Waals surface area (Å²) in [6, 6.07) is 19.0. The van der Waals surface area contributed by atoms with Crippen LogP contribution in [-0.4, -0.2) is 24.8 Å². The third-order valence-electron chi connectivity index (χ3n) is 6.16. The quantitative estimate of drug-likeness (QED) is 0.419. The summed E-state index contributed by atoms with van der Waals surface area (Å²) in [6.45, 7) is 6.25. The van der Waals surface area contributed by atoms with E-state index < -0.39 is 0 Å². The minimum absolute atomic E-state index is 0.183. The molecular formula is C26H25N5OS. The highest BCUT2D eigenvalue weighted by Crippen LogP contribution is 2.45. The minimum Gasteiger partial charge on any atom is -0.506 e. The molecule has 6 nitrogen and oxygen atoms in total.